The topological polar surface area (TPSA) is 76.3 Å². The molecule has 0 saturated heterocycles. The third-order valence-electron chi connectivity index (χ3n) is 2.93. The zero-order valence-electron chi connectivity index (χ0n) is 9.63. The van der Waals surface area contributed by atoms with E-state index in [9.17, 15) is 9.59 Å². The third-order valence-corrected chi connectivity index (χ3v) is 3.27. The van der Waals surface area contributed by atoms with Crippen molar-refractivity contribution in [3.05, 3.63) is 52.8 Å². The fraction of sp³-hybridized carbons (Fsp3) is 0. The molecule has 2 heterocycles. The fourth-order valence-corrected chi connectivity index (χ4v) is 2.11. The Morgan fingerprint density at radius 2 is 1.84 bits per heavy atom. The lowest BCUT2D eigenvalue weighted by Gasteiger charge is -2.14. The van der Waals surface area contributed by atoms with Gasteiger partial charge in [-0.2, -0.15) is 0 Å². The smallest absolute Gasteiger partial charge is 0.267 e. The van der Waals surface area contributed by atoms with Gasteiger partial charge in [-0.15, -0.1) is 0 Å². The van der Waals surface area contributed by atoms with Crippen LogP contribution >= 0.6 is 11.6 Å². The average Bonchev–Trinajstić information content (AvgIpc) is 2.66. The minimum Gasteiger partial charge on any atom is -0.397 e. The van der Waals surface area contributed by atoms with Crippen molar-refractivity contribution in [2.45, 2.75) is 0 Å². The number of carbonyl (C=O) groups is 2. The summed E-state index contributed by atoms with van der Waals surface area (Å²) in [5.74, 6) is -0.793. The fourth-order valence-electron chi connectivity index (χ4n) is 1.99. The van der Waals surface area contributed by atoms with Crippen LogP contribution in [0.15, 0.2) is 36.7 Å². The molecular formula is C13H8ClN3O2. The molecule has 2 N–H and O–H groups in total. The van der Waals surface area contributed by atoms with E-state index in [1.165, 1.54) is 24.5 Å². The Kier molecular flexibility index (Phi) is 2.50. The lowest BCUT2D eigenvalue weighted by Crippen LogP contribution is -2.29. The van der Waals surface area contributed by atoms with Crippen LogP contribution in [0.4, 0.5) is 11.4 Å². The second-order valence-corrected chi connectivity index (χ2v) is 4.48. The molecule has 3 rings (SSSR count). The van der Waals surface area contributed by atoms with Crippen LogP contribution in [0.5, 0.6) is 0 Å². The molecule has 1 aromatic heterocycles. The van der Waals surface area contributed by atoms with E-state index in [-0.39, 0.29) is 5.91 Å². The Morgan fingerprint density at radius 1 is 1.11 bits per heavy atom. The predicted molar refractivity (Wildman–Crippen MR) is 71.2 cm³/mol. The maximum atomic E-state index is 12.2. The highest BCUT2D eigenvalue weighted by Gasteiger charge is 2.36. The van der Waals surface area contributed by atoms with Crippen LogP contribution in [-0.2, 0) is 0 Å². The molecule has 19 heavy (non-hydrogen) atoms. The van der Waals surface area contributed by atoms with E-state index < -0.39 is 5.91 Å². The summed E-state index contributed by atoms with van der Waals surface area (Å²) in [6, 6.07) is 6.15. The van der Waals surface area contributed by atoms with E-state index in [0.29, 0.717) is 27.5 Å². The molecule has 0 fully saturated rings. The summed E-state index contributed by atoms with van der Waals surface area (Å²) in [5.41, 5.74) is 7.03. The third kappa shape index (κ3) is 1.67. The summed E-state index contributed by atoms with van der Waals surface area (Å²) in [5, 5.41) is 0.377. The van der Waals surface area contributed by atoms with E-state index in [4.69, 9.17) is 17.3 Å². The Hall–Kier alpha value is -2.40. The molecule has 6 heteroatoms. The number of amides is 2. The molecule has 0 unspecified atom stereocenters. The minimum absolute atomic E-state index is 0.293. The minimum atomic E-state index is -0.408. The van der Waals surface area contributed by atoms with Crippen LogP contribution in [-0.4, -0.2) is 16.8 Å². The van der Waals surface area contributed by atoms with Crippen LogP contribution in [0.1, 0.15) is 20.7 Å². The Balaban J connectivity index is 2.11. The average molecular weight is 274 g/mol. The first-order valence-corrected chi connectivity index (χ1v) is 5.85. The normalized spacial score (nSPS) is 13.8. The van der Waals surface area contributed by atoms with Crippen LogP contribution in [0, 0.1) is 0 Å². The van der Waals surface area contributed by atoms with Gasteiger partial charge in [0.25, 0.3) is 11.8 Å². The van der Waals surface area contributed by atoms with Gasteiger partial charge in [-0.05, 0) is 24.3 Å². The summed E-state index contributed by atoms with van der Waals surface area (Å²) < 4.78 is 0. The lowest BCUT2D eigenvalue weighted by atomic mass is 10.2. The largest absolute Gasteiger partial charge is 0.397 e. The van der Waals surface area contributed by atoms with Crippen molar-refractivity contribution in [3.8, 4) is 0 Å². The van der Waals surface area contributed by atoms with E-state index in [0.717, 1.165) is 4.90 Å². The second-order valence-electron chi connectivity index (χ2n) is 4.07. The van der Waals surface area contributed by atoms with Gasteiger partial charge in [-0.3, -0.25) is 14.6 Å². The quantitative estimate of drug-likeness (QED) is 0.638. The van der Waals surface area contributed by atoms with E-state index in [2.05, 4.69) is 4.98 Å². The SMILES string of the molecule is Nc1cc(N2C(=O)c3ccncc3C2=O)ccc1Cl. The van der Waals surface area contributed by atoms with Crippen molar-refractivity contribution in [2.24, 2.45) is 0 Å². The van der Waals surface area contributed by atoms with Gasteiger partial charge in [0.2, 0.25) is 0 Å². The molecule has 0 atom stereocenters. The van der Waals surface area contributed by atoms with Gasteiger partial charge in [-0.25, -0.2) is 4.90 Å². The molecule has 1 aliphatic heterocycles. The summed E-state index contributed by atoms with van der Waals surface area (Å²) in [7, 11) is 0. The summed E-state index contributed by atoms with van der Waals surface area (Å²) in [4.78, 5) is 29.3. The Morgan fingerprint density at radius 3 is 2.53 bits per heavy atom. The highest BCUT2D eigenvalue weighted by atomic mass is 35.5. The maximum Gasteiger partial charge on any atom is 0.267 e. The Bertz CT molecular complexity index is 680. The highest BCUT2D eigenvalue weighted by Crippen LogP contribution is 2.31. The number of nitrogen functional groups attached to an aromatic ring is 1. The van der Waals surface area contributed by atoms with Crippen molar-refractivity contribution in [1.29, 1.82) is 0 Å². The highest BCUT2D eigenvalue weighted by molar-refractivity contribution is 6.35. The molecule has 0 bridgehead atoms. The van der Waals surface area contributed by atoms with E-state index >= 15 is 0 Å². The zero-order valence-corrected chi connectivity index (χ0v) is 10.4. The van der Waals surface area contributed by atoms with Crippen molar-refractivity contribution in [2.75, 3.05) is 10.6 Å². The van der Waals surface area contributed by atoms with Gasteiger partial charge in [0.05, 0.1) is 27.5 Å². The van der Waals surface area contributed by atoms with Crippen LogP contribution in [0.25, 0.3) is 0 Å². The number of rotatable bonds is 1. The first-order valence-electron chi connectivity index (χ1n) is 5.47. The number of hydrogen-bond acceptors (Lipinski definition) is 4. The monoisotopic (exact) mass is 273 g/mol. The lowest BCUT2D eigenvalue weighted by molar-refractivity contribution is 0.0926. The number of carbonyl (C=O) groups excluding carboxylic acids is 2. The van der Waals surface area contributed by atoms with Crippen LogP contribution in [0.2, 0.25) is 5.02 Å². The number of pyridine rings is 1. The molecule has 0 spiro atoms. The van der Waals surface area contributed by atoms with E-state index in [1.54, 1.807) is 12.1 Å². The molecular weight excluding hydrogens is 266 g/mol. The van der Waals surface area contributed by atoms with E-state index in [1.807, 2.05) is 0 Å². The van der Waals surface area contributed by atoms with Gasteiger partial charge in [0.15, 0.2) is 0 Å². The van der Waals surface area contributed by atoms with Gasteiger partial charge in [-0.1, -0.05) is 11.6 Å². The first kappa shape index (κ1) is 11.7. The summed E-state index contributed by atoms with van der Waals surface area (Å²) in [6.45, 7) is 0. The number of imide groups is 1. The number of anilines is 2. The number of hydrogen-bond donors (Lipinski definition) is 1. The number of nitrogens with two attached hydrogens (primary N) is 1. The summed E-state index contributed by atoms with van der Waals surface area (Å²) in [6.07, 6.45) is 2.86. The molecule has 5 nitrogen and oxygen atoms in total. The van der Waals surface area contributed by atoms with Crippen molar-refractivity contribution in [3.63, 3.8) is 0 Å². The molecule has 1 aromatic carbocycles. The van der Waals surface area contributed by atoms with Gasteiger partial charge in [0, 0.05) is 12.4 Å². The standard InChI is InChI=1S/C13H8ClN3O2/c14-10-2-1-7(5-11(10)15)17-12(18)8-3-4-16-6-9(8)13(17)19/h1-6H,15H2. The van der Waals surface area contributed by atoms with Crippen LogP contribution < -0.4 is 10.6 Å². The van der Waals surface area contributed by atoms with Crippen molar-refractivity contribution < 1.29 is 9.59 Å². The summed E-state index contributed by atoms with van der Waals surface area (Å²) >= 11 is 5.83. The van der Waals surface area contributed by atoms with Gasteiger partial charge < -0.3 is 5.73 Å². The van der Waals surface area contributed by atoms with Gasteiger partial charge >= 0.3 is 0 Å². The molecule has 2 aromatic rings. The number of halogens is 1. The second kappa shape index (κ2) is 4.07. The molecule has 0 aliphatic carbocycles. The molecule has 0 saturated carbocycles. The number of nitrogens with zero attached hydrogens (tertiary/aromatic N) is 2. The molecule has 2 amide bonds. The first-order chi connectivity index (χ1) is 9.09. The molecule has 1 aliphatic rings. The zero-order chi connectivity index (χ0) is 13.6. The van der Waals surface area contributed by atoms with Gasteiger partial charge in [0.1, 0.15) is 0 Å². The predicted octanol–water partition coefficient (Wildman–Crippen LogP) is 2.12. The van der Waals surface area contributed by atoms with Crippen LogP contribution in [0.3, 0.4) is 0 Å². The number of fused-ring (bicyclic) bond motifs is 1. The maximum absolute atomic E-state index is 12.2. The van der Waals surface area contributed by atoms with Crippen molar-refractivity contribution in [1.82, 2.24) is 4.98 Å². The molecule has 0 radical (unpaired) electrons. The Labute approximate surface area is 113 Å². The molecule has 94 valence electrons. The van der Waals surface area contributed by atoms with Crippen molar-refractivity contribution >= 4 is 34.8 Å². The number of aromatic nitrogens is 1. The number of benzene rings is 1.